The predicted molar refractivity (Wildman–Crippen MR) is 68.2 cm³/mol. The van der Waals surface area contributed by atoms with E-state index in [4.69, 9.17) is 16.9 Å². The molecule has 1 saturated heterocycles. The molecule has 0 radical (unpaired) electrons. The van der Waals surface area contributed by atoms with E-state index < -0.39 is 0 Å². The zero-order valence-electron chi connectivity index (χ0n) is 9.77. The van der Waals surface area contributed by atoms with Crippen LogP contribution in [0.5, 0.6) is 0 Å². The molecule has 0 aromatic carbocycles. The number of rotatable bonds is 1. The summed E-state index contributed by atoms with van der Waals surface area (Å²) in [5, 5.41) is 11.9. The minimum absolute atomic E-state index is 0.0751. The molecule has 2 rings (SSSR count). The number of amides is 2. The summed E-state index contributed by atoms with van der Waals surface area (Å²) in [4.78, 5) is 17.5. The van der Waals surface area contributed by atoms with Gasteiger partial charge in [-0.05, 0) is 25.0 Å². The van der Waals surface area contributed by atoms with Crippen molar-refractivity contribution < 1.29 is 4.79 Å². The van der Waals surface area contributed by atoms with Crippen molar-refractivity contribution in [2.75, 3.05) is 18.4 Å². The van der Waals surface area contributed by atoms with E-state index in [-0.39, 0.29) is 17.1 Å². The van der Waals surface area contributed by atoms with Crippen LogP contribution in [0.2, 0.25) is 5.15 Å². The van der Waals surface area contributed by atoms with Crippen molar-refractivity contribution in [3.63, 3.8) is 0 Å². The molecule has 2 amide bonds. The Morgan fingerprint density at radius 3 is 3.22 bits per heavy atom. The normalized spacial score (nSPS) is 19.1. The van der Waals surface area contributed by atoms with Gasteiger partial charge in [-0.15, -0.1) is 0 Å². The molecule has 1 N–H and O–H groups in total. The quantitative estimate of drug-likeness (QED) is 0.793. The fraction of sp³-hybridized carbons (Fsp3) is 0.417. The van der Waals surface area contributed by atoms with Gasteiger partial charge in [0.2, 0.25) is 0 Å². The number of carbonyl (C=O) groups excluding carboxylic acids is 1. The monoisotopic (exact) mass is 264 g/mol. The molecule has 1 aliphatic heterocycles. The molecule has 94 valence electrons. The van der Waals surface area contributed by atoms with Crippen LogP contribution in [0.4, 0.5) is 10.5 Å². The smallest absolute Gasteiger partial charge is 0.321 e. The fourth-order valence-corrected chi connectivity index (χ4v) is 2.11. The average Bonchev–Trinajstić information content (AvgIpc) is 2.41. The Balaban J connectivity index is 2.00. The highest BCUT2D eigenvalue weighted by molar-refractivity contribution is 6.32. The lowest BCUT2D eigenvalue weighted by Crippen LogP contribution is -2.42. The van der Waals surface area contributed by atoms with Crippen LogP contribution in [0, 0.1) is 17.2 Å². The summed E-state index contributed by atoms with van der Waals surface area (Å²) >= 11 is 5.87. The largest absolute Gasteiger partial charge is 0.323 e. The number of nitrogens with zero attached hydrogens (tertiary/aromatic N) is 3. The summed E-state index contributed by atoms with van der Waals surface area (Å²) in [6.07, 6.45) is 3.27. The second-order valence-electron chi connectivity index (χ2n) is 4.19. The third kappa shape index (κ3) is 2.90. The predicted octanol–water partition coefficient (Wildman–Crippen LogP) is 2.50. The lowest BCUT2D eigenvalue weighted by Gasteiger charge is -2.29. The van der Waals surface area contributed by atoms with Crippen LogP contribution < -0.4 is 5.32 Å². The molecule has 1 fully saturated rings. The van der Waals surface area contributed by atoms with Crippen LogP contribution in [-0.4, -0.2) is 29.0 Å². The molecule has 5 nitrogen and oxygen atoms in total. The molecule has 1 aromatic rings. The third-order valence-corrected chi connectivity index (χ3v) is 3.19. The van der Waals surface area contributed by atoms with Crippen molar-refractivity contribution in [3.8, 4) is 6.07 Å². The number of likely N-dealkylation sites (tertiary alicyclic amines) is 1. The van der Waals surface area contributed by atoms with Gasteiger partial charge in [0, 0.05) is 19.3 Å². The van der Waals surface area contributed by atoms with Gasteiger partial charge < -0.3 is 10.2 Å². The Kier molecular flexibility index (Phi) is 4.00. The van der Waals surface area contributed by atoms with E-state index in [2.05, 4.69) is 16.4 Å². The Morgan fingerprint density at radius 2 is 2.50 bits per heavy atom. The number of anilines is 1. The van der Waals surface area contributed by atoms with E-state index in [1.165, 1.54) is 0 Å². The number of piperidine rings is 1. The molecule has 6 heteroatoms. The SMILES string of the molecule is N#CC1CCCN(C(=O)Nc2cccnc2Cl)C1. The van der Waals surface area contributed by atoms with Crippen LogP contribution in [0.1, 0.15) is 12.8 Å². The summed E-state index contributed by atoms with van der Waals surface area (Å²) in [6.45, 7) is 1.14. The molecule has 1 atom stereocenters. The molecule has 0 spiro atoms. The first-order valence-corrected chi connectivity index (χ1v) is 6.14. The molecule has 2 heterocycles. The lowest BCUT2D eigenvalue weighted by atomic mass is 10.0. The van der Waals surface area contributed by atoms with Crippen molar-refractivity contribution in [2.45, 2.75) is 12.8 Å². The first kappa shape index (κ1) is 12.7. The maximum absolute atomic E-state index is 12.0. The van der Waals surface area contributed by atoms with E-state index in [0.29, 0.717) is 18.8 Å². The maximum Gasteiger partial charge on any atom is 0.321 e. The average molecular weight is 265 g/mol. The Bertz CT molecular complexity index is 485. The molecular weight excluding hydrogens is 252 g/mol. The highest BCUT2D eigenvalue weighted by Gasteiger charge is 2.23. The number of urea groups is 1. The number of carbonyl (C=O) groups is 1. The summed E-state index contributed by atoms with van der Waals surface area (Å²) in [5.41, 5.74) is 0.489. The van der Waals surface area contributed by atoms with Gasteiger partial charge in [-0.3, -0.25) is 0 Å². The number of nitriles is 1. The first-order valence-electron chi connectivity index (χ1n) is 5.77. The van der Waals surface area contributed by atoms with E-state index in [9.17, 15) is 4.79 Å². The van der Waals surface area contributed by atoms with Crippen LogP contribution >= 0.6 is 11.6 Å². The van der Waals surface area contributed by atoms with E-state index in [1.807, 2.05) is 0 Å². The van der Waals surface area contributed by atoms with Crippen molar-refractivity contribution in [3.05, 3.63) is 23.5 Å². The minimum atomic E-state index is -0.232. The molecule has 1 aromatic heterocycles. The second-order valence-corrected chi connectivity index (χ2v) is 4.54. The maximum atomic E-state index is 12.0. The standard InChI is InChI=1S/C12H13ClN4O/c13-11-10(4-1-5-15-11)16-12(18)17-6-2-3-9(7-14)8-17/h1,4-5,9H,2-3,6,8H2,(H,16,18). The van der Waals surface area contributed by atoms with Crippen LogP contribution in [0.15, 0.2) is 18.3 Å². The number of halogens is 1. The lowest BCUT2D eigenvalue weighted by molar-refractivity contribution is 0.189. The number of nitrogens with one attached hydrogen (secondary N) is 1. The van der Waals surface area contributed by atoms with Crippen molar-refractivity contribution in [2.24, 2.45) is 5.92 Å². The Hall–Kier alpha value is -1.80. The fourth-order valence-electron chi connectivity index (χ4n) is 1.94. The minimum Gasteiger partial charge on any atom is -0.323 e. The summed E-state index contributed by atoms with van der Waals surface area (Å²) in [7, 11) is 0. The summed E-state index contributed by atoms with van der Waals surface area (Å²) in [5.74, 6) is -0.0751. The van der Waals surface area contributed by atoms with Gasteiger partial charge in [0.05, 0.1) is 17.7 Å². The molecule has 18 heavy (non-hydrogen) atoms. The summed E-state index contributed by atoms with van der Waals surface area (Å²) in [6, 6.07) is 5.37. The van der Waals surface area contributed by atoms with Crippen LogP contribution in [0.25, 0.3) is 0 Å². The number of pyridine rings is 1. The van der Waals surface area contributed by atoms with Crippen LogP contribution in [0.3, 0.4) is 0 Å². The Morgan fingerprint density at radius 1 is 1.67 bits per heavy atom. The zero-order valence-corrected chi connectivity index (χ0v) is 10.5. The van der Waals surface area contributed by atoms with E-state index >= 15 is 0 Å². The second kappa shape index (κ2) is 5.69. The zero-order chi connectivity index (χ0) is 13.0. The van der Waals surface area contributed by atoms with Gasteiger partial charge in [-0.1, -0.05) is 11.6 Å². The summed E-state index contributed by atoms with van der Waals surface area (Å²) < 4.78 is 0. The molecule has 1 unspecified atom stereocenters. The number of hydrogen-bond donors (Lipinski definition) is 1. The van der Waals surface area contributed by atoms with Crippen molar-refractivity contribution in [1.29, 1.82) is 5.26 Å². The molecule has 0 saturated carbocycles. The molecule has 1 aliphatic rings. The van der Waals surface area contributed by atoms with Crippen molar-refractivity contribution >= 4 is 23.3 Å². The topological polar surface area (TPSA) is 69.0 Å². The molecule has 0 aliphatic carbocycles. The molecular formula is C12H13ClN4O. The molecule has 0 bridgehead atoms. The van der Waals surface area contributed by atoms with Gasteiger partial charge in [0.1, 0.15) is 0 Å². The van der Waals surface area contributed by atoms with E-state index in [1.54, 1.807) is 23.2 Å². The first-order chi connectivity index (χ1) is 8.70. The van der Waals surface area contributed by atoms with E-state index in [0.717, 1.165) is 12.8 Å². The highest BCUT2D eigenvalue weighted by Crippen LogP contribution is 2.20. The van der Waals surface area contributed by atoms with Gasteiger partial charge in [-0.25, -0.2) is 9.78 Å². The van der Waals surface area contributed by atoms with Gasteiger partial charge in [-0.2, -0.15) is 5.26 Å². The number of aromatic nitrogens is 1. The third-order valence-electron chi connectivity index (χ3n) is 2.89. The van der Waals surface area contributed by atoms with Gasteiger partial charge in [0.15, 0.2) is 5.15 Å². The van der Waals surface area contributed by atoms with Gasteiger partial charge in [0.25, 0.3) is 0 Å². The highest BCUT2D eigenvalue weighted by atomic mass is 35.5. The Labute approximate surface area is 110 Å². The van der Waals surface area contributed by atoms with Crippen molar-refractivity contribution in [1.82, 2.24) is 9.88 Å². The van der Waals surface area contributed by atoms with Crippen LogP contribution in [-0.2, 0) is 0 Å². The number of hydrogen-bond acceptors (Lipinski definition) is 3. The van der Waals surface area contributed by atoms with Gasteiger partial charge >= 0.3 is 6.03 Å².